The molecule has 0 aliphatic carbocycles. The van der Waals surface area contributed by atoms with E-state index >= 15 is 0 Å². The van der Waals surface area contributed by atoms with Gasteiger partial charge in [0.1, 0.15) is 5.82 Å². The van der Waals surface area contributed by atoms with E-state index in [1.807, 2.05) is 30.0 Å². The molecule has 1 aliphatic heterocycles. The van der Waals surface area contributed by atoms with Crippen LogP contribution in [0, 0.1) is 0 Å². The second-order valence-electron chi connectivity index (χ2n) is 8.18. The van der Waals surface area contributed by atoms with E-state index in [9.17, 15) is 4.79 Å². The maximum absolute atomic E-state index is 12.8. The zero-order valence-electron chi connectivity index (χ0n) is 17.4. The first-order valence-corrected chi connectivity index (χ1v) is 10.6. The molecule has 1 fully saturated rings. The monoisotopic (exact) mass is 387 g/mol. The molecule has 3 aromatic rings. The number of unbranched alkanes of at least 4 members (excludes halogenated alkanes) is 1. The number of anilines is 1. The number of amides is 1. The number of hydrogen-bond acceptors (Lipinski definition) is 2. The van der Waals surface area contributed by atoms with E-state index in [-0.39, 0.29) is 11.8 Å². The van der Waals surface area contributed by atoms with E-state index in [1.165, 1.54) is 18.4 Å². The third-order valence-corrected chi connectivity index (χ3v) is 5.67. The Morgan fingerprint density at radius 2 is 1.93 bits per heavy atom. The maximum Gasteiger partial charge on any atom is 0.227 e. The summed E-state index contributed by atoms with van der Waals surface area (Å²) in [6.45, 7) is 9.73. The van der Waals surface area contributed by atoms with Crippen LogP contribution in [-0.2, 0) is 17.8 Å². The number of carbonyl (C=O) groups excluding carboxylic acids is 1. The number of fused-ring (bicyclic) bond motifs is 1. The van der Waals surface area contributed by atoms with Gasteiger partial charge >= 0.3 is 0 Å². The van der Waals surface area contributed by atoms with Gasteiger partial charge in [-0.15, -0.1) is 0 Å². The highest BCUT2D eigenvalue weighted by Gasteiger charge is 2.34. The Bertz CT molecular complexity index is 1030. The summed E-state index contributed by atoms with van der Waals surface area (Å²) in [4.78, 5) is 19.7. The van der Waals surface area contributed by atoms with Gasteiger partial charge < -0.3 is 9.47 Å². The second-order valence-corrected chi connectivity index (χ2v) is 8.18. The highest BCUT2D eigenvalue weighted by Crippen LogP contribution is 2.33. The number of allylic oxidation sites excluding steroid dienone is 1. The Morgan fingerprint density at radius 1 is 1.17 bits per heavy atom. The molecule has 4 nitrogen and oxygen atoms in total. The Hall–Kier alpha value is -2.88. The van der Waals surface area contributed by atoms with Crippen LogP contribution in [0.4, 0.5) is 5.69 Å². The van der Waals surface area contributed by atoms with Crippen LogP contribution in [0.5, 0.6) is 0 Å². The molecule has 2 heterocycles. The third-order valence-electron chi connectivity index (χ3n) is 5.67. The molecular weight excluding hydrogens is 358 g/mol. The molecule has 1 aromatic heterocycles. The average Bonchev–Trinajstić information content (AvgIpc) is 3.27. The number of nitrogens with zero attached hydrogens (tertiary/aromatic N) is 3. The van der Waals surface area contributed by atoms with E-state index in [0.29, 0.717) is 13.0 Å². The predicted octanol–water partition coefficient (Wildman–Crippen LogP) is 5.48. The summed E-state index contributed by atoms with van der Waals surface area (Å²) >= 11 is 0. The molecule has 0 N–H and O–H groups in total. The molecule has 2 aromatic carbocycles. The molecular formula is C25H29N3O. The van der Waals surface area contributed by atoms with Crippen molar-refractivity contribution in [1.82, 2.24) is 9.55 Å². The molecule has 1 atom stereocenters. The molecule has 0 spiro atoms. The summed E-state index contributed by atoms with van der Waals surface area (Å²) in [5.74, 6) is 1.25. The van der Waals surface area contributed by atoms with Gasteiger partial charge in [0.05, 0.1) is 11.0 Å². The van der Waals surface area contributed by atoms with Gasteiger partial charge in [-0.2, -0.15) is 0 Å². The number of aromatic nitrogens is 2. The highest BCUT2D eigenvalue weighted by atomic mass is 16.2. The summed E-state index contributed by atoms with van der Waals surface area (Å²) in [6.07, 6.45) is 3.98. The normalized spacial score (nSPS) is 16.7. The molecule has 29 heavy (non-hydrogen) atoms. The van der Waals surface area contributed by atoms with Crippen LogP contribution in [0.2, 0.25) is 0 Å². The summed E-state index contributed by atoms with van der Waals surface area (Å²) < 4.78 is 2.23. The number of carbonyl (C=O) groups is 1. The number of aryl methyl sites for hydroxylation is 1. The van der Waals surface area contributed by atoms with Crippen molar-refractivity contribution in [2.75, 3.05) is 11.4 Å². The van der Waals surface area contributed by atoms with E-state index in [0.717, 1.165) is 41.1 Å². The molecule has 0 bridgehead atoms. The molecule has 1 unspecified atom stereocenters. The van der Waals surface area contributed by atoms with E-state index in [1.54, 1.807) is 0 Å². The van der Waals surface area contributed by atoms with Crippen LogP contribution in [0.15, 0.2) is 60.7 Å². The molecule has 1 amide bonds. The highest BCUT2D eigenvalue weighted by molar-refractivity contribution is 5.96. The number of hydrogen-bond donors (Lipinski definition) is 0. The fourth-order valence-electron chi connectivity index (χ4n) is 4.20. The van der Waals surface area contributed by atoms with Crippen LogP contribution in [-0.4, -0.2) is 22.0 Å². The number of imidazole rings is 1. The van der Waals surface area contributed by atoms with Crippen molar-refractivity contribution in [3.05, 3.63) is 72.1 Å². The van der Waals surface area contributed by atoms with Gasteiger partial charge in [0, 0.05) is 31.1 Å². The predicted molar refractivity (Wildman–Crippen MR) is 119 cm³/mol. The average molecular weight is 388 g/mol. The van der Waals surface area contributed by atoms with E-state index < -0.39 is 0 Å². The van der Waals surface area contributed by atoms with Crippen LogP contribution >= 0.6 is 0 Å². The van der Waals surface area contributed by atoms with Crippen molar-refractivity contribution in [3.8, 4) is 0 Å². The van der Waals surface area contributed by atoms with Gasteiger partial charge in [-0.05, 0) is 49.6 Å². The van der Waals surface area contributed by atoms with E-state index in [2.05, 4.69) is 48.4 Å². The second kappa shape index (κ2) is 8.24. The number of para-hydroxylation sites is 2. The summed E-state index contributed by atoms with van der Waals surface area (Å²) in [5.41, 5.74) is 5.49. The number of benzene rings is 2. The zero-order valence-corrected chi connectivity index (χ0v) is 17.4. The summed E-state index contributed by atoms with van der Waals surface area (Å²) in [7, 11) is 0. The lowest BCUT2D eigenvalue weighted by Crippen LogP contribution is -2.24. The first-order valence-electron chi connectivity index (χ1n) is 10.6. The molecule has 1 saturated heterocycles. The first-order chi connectivity index (χ1) is 14.1. The van der Waals surface area contributed by atoms with Crippen LogP contribution in [0.3, 0.4) is 0 Å². The van der Waals surface area contributed by atoms with Crippen molar-refractivity contribution in [1.29, 1.82) is 0 Å². The van der Waals surface area contributed by atoms with Crippen molar-refractivity contribution in [2.45, 2.75) is 52.0 Å². The van der Waals surface area contributed by atoms with Gasteiger partial charge in [0.2, 0.25) is 5.91 Å². The van der Waals surface area contributed by atoms with Crippen molar-refractivity contribution >= 4 is 22.6 Å². The molecule has 0 saturated carbocycles. The van der Waals surface area contributed by atoms with Crippen LogP contribution in [0.25, 0.3) is 11.0 Å². The fraction of sp³-hybridized carbons (Fsp3) is 0.360. The summed E-state index contributed by atoms with van der Waals surface area (Å²) in [5, 5.41) is 0. The molecule has 1 aliphatic rings. The fourth-order valence-corrected chi connectivity index (χ4v) is 4.20. The Labute approximate surface area is 172 Å². The van der Waals surface area contributed by atoms with Crippen LogP contribution < -0.4 is 4.90 Å². The van der Waals surface area contributed by atoms with Crippen molar-refractivity contribution in [2.24, 2.45) is 0 Å². The SMILES string of the molecule is C=C(C)Cn1c(C2CC(=O)N(c3ccc(CCCC)cc3)C2)nc2ccccc21. The first kappa shape index (κ1) is 19.4. The topological polar surface area (TPSA) is 38.1 Å². The molecule has 0 radical (unpaired) electrons. The standard InChI is InChI=1S/C25H29N3O/c1-4-5-8-19-11-13-21(14-12-19)27-17-20(15-24(27)29)25-26-22-9-6-7-10-23(22)28(25)16-18(2)3/h6-7,9-14,20H,2,4-5,8,15-17H2,1,3H3. The van der Waals surface area contributed by atoms with Gasteiger partial charge in [-0.1, -0.05) is 49.8 Å². The van der Waals surface area contributed by atoms with Gasteiger partial charge in [-0.25, -0.2) is 4.98 Å². The van der Waals surface area contributed by atoms with Gasteiger partial charge in [0.25, 0.3) is 0 Å². The molecule has 4 heteroatoms. The maximum atomic E-state index is 12.8. The summed E-state index contributed by atoms with van der Waals surface area (Å²) in [6, 6.07) is 16.7. The Balaban J connectivity index is 1.60. The molecule has 4 rings (SSSR count). The lowest BCUT2D eigenvalue weighted by atomic mass is 10.1. The zero-order chi connectivity index (χ0) is 20.4. The largest absolute Gasteiger partial charge is 0.324 e. The van der Waals surface area contributed by atoms with Gasteiger partial charge in [-0.3, -0.25) is 4.79 Å². The number of rotatable bonds is 7. The quantitative estimate of drug-likeness (QED) is 0.504. The van der Waals surface area contributed by atoms with Gasteiger partial charge in [0.15, 0.2) is 0 Å². The Kier molecular flexibility index (Phi) is 5.52. The molecule has 150 valence electrons. The minimum Gasteiger partial charge on any atom is -0.324 e. The third kappa shape index (κ3) is 3.98. The van der Waals surface area contributed by atoms with Crippen molar-refractivity contribution in [3.63, 3.8) is 0 Å². The van der Waals surface area contributed by atoms with E-state index in [4.69, 9.17) is 4.98 Å². The smallest absolute Gasteiger partial charge is 0.227 e. The minimum atomic E-state index is 0.0917. The van der Waals surface area contributed by atoms with Crippen LogP contribution in [0.1, 0.15) is 50.4 Å². The lowest BCUT2D eigenvalue weighted by Gasteiger charge is -2.18. The lowest BCUT2D eigenvalue weighted by molar-refractivity contribution is -0.117. The van der Waals surface area contributed by atoms with Crippen molar-refractivity contribution < 1.29 is 4.79 Å². The minimum absolute atomic E-state index is 0.0917. The Morgan fingerprint density at radius 3 is 2.66 bits per heavy atom.